The number of aliphatic imine (C=N–C) groups is 1. The van der Waals surface area contributed by atoms with Gasteiger partial charge in [0.15, 0.2) is 12.4 Å². The second-order valence-corrected chi connectivity index (χ2v) is 7.07. The number of benzene rings is 1. The van der Waals surface area contributed by atoms with Gasteiger partial charge in [-0.1, -0.05) is 17.9 Å². The average molecular weight is 447 g/mol. The number of rotatable bonds is 4. The van der Waals surface area contributed by atoms with Gasteiger partial charge < -0.3 is 42.3 Å². The Morgan fingerprint density at radius 3 is 2.45 bits per heavy atom. The van der Waals surface area contributed by atoms with Gasteiger partial charge >= 0.3 is 5.96 Å². The second-order valence-electron chi connectivity index (χ2n) is 7.07. The number of aliphatic carboxylic acids is 2. The molecule has 1 aromatic carbocycles. The average Bonchev–Trinajstić information content (AvgIpc) is 2.77. The molecule has 0 unspecified atom stereocenters. The van der Waals surface area contributed by atoms with E-state index in [4.69, 9.17) is 17.2 Å². The predicted octanol–water partition coefficient (Wildman–Crippen LogP) is -5.02. The zero-order valence-corrected chi connectivity index (χ0v) is 17.3. The molecule has 0 saturated heterocycles. The number of carboxylic acids is 2. The number of hydrogen-bond donors (Lipinski definition) is 5. The van der Waals surface area contributed by atoms with Crippen LogP contribution in [0, 0.1) is 17.8 Å². The molecule has 2 atom stereocenters. The largest absolute Gasteiger partial charge is 0.550 e. The van der Waals surface area contributed by atoms with Gasteiger partial charge in [-0.2, -0.15) is 4.57 Å². The summed E-state index contributed by atoms with van der Waals surface area (Å²) in [6.45, 7) is 0. The number of carboxylic acid groups (broad SMARTS) is 2. The fourth-order valence-electron chi connectivity index (χ4n) is 3.20. The predicted molar refractivity (Wildman–Crippen MR) is 114 cm³/mol. The number of hydrogen-bond acceptors (Lipinski definition) is 6. The van der Waals surface area contributed by atoms with Crippen molar-refractivity contribution in [1.82, 2.24) is 5.32 Å². The molecule has 0 radical (unpaired) electrons. The van der Waals surface area contributed by atoms with Gasteiger partial charge in [-0.15, -0.1) is 4.99 Å². The van der Waals surface area contributed by atoms with Crippen LogP contribution in [0.25, 0.3) is 5.69 Å². The topological polar surface area (TPSA) is 201 Å². The first-order chi connectivity index (χ1) is 15.7. The molecule has 2 aromatic rings. The van der Waals surface area contributed by atoms with Crippen LogP contribution in [0.3, 0.4) is 0 Å². The van der Waals surface area contributed by atoms with Gasteiger partial charge in [0.05, 0.1) is 17.6 Å². The van der Waals surface area contributed by atoms with E-state index in [2.05, 4.69) is 27.1 Å². The summed E-state index contributed by atoms with van der Waals surface area (Å²) >= 11 is 0. The molecular weight excluding hydrogens is 426 g/mol. The highest BCUT2D eigenvalue weighted by Gasteiger charge is 2.27. The molecule has 1 aromatic heterocycles. The first-order valence-corrected chi connectivity index (χ1v) is 9.73. The first kappa shape index (κ1) is 22.8. The molecule has 1 aliphatic rings. The third-order valence-corrected chi connectivity index (χ3v) is 4.69. The lowest BCUT2D eigenvalue weighted by Crippen LogP contribution is -2.84. The van der Waals surface area contributed by atoms with E-state index in [1.807, 2.05) is 35.2 Å². The van der Waals surface area contributed by atoms with Crippen LogP contribution in [0.1, 0.15) is 12.0 Å². The lowest BCUT2D eigenvalue weighted by Gasteiger charge is -2.32. The summed E-state index contributed by atoms with van der Waals surface area (Å²) in [5.74, 6) is 1.43. The Bertz CT molecular complexity index is 1220. The van der Waals surface area contributed by atoms with Gasteiger partial charge in [0.2, 0.25) is 5.69 Å². The highest BCUT2D eigenvalue weighted by molar-refractivity contribution is 5.82. The summed E-state index contributed by atoms with van der Waals surface area (Å²) in [7, 11) is 0. The number of nitrogens with one attached hydrogen (secondary N) is 2. The minimum absolute atomic E-state index is 0.0154. The number of carbonyl (C=O) groups is 2. The number of nitrogens with zero attached hydrogens (tertiary/aromatic N) is 2. The number of nitrogens with two attached hydrogens (primary N) is 3. The van der Waals surface area contributed by atoms with E-state index < -0.39 is 23.9 Å². The third kappa shape index (κ3) is 5.86. The quantitative estimate of drug-likeness (QED) is 0.133. The van der Waals surface area contributed by atoms with Gasteiger partial charge in [0.1, 0.15) is 5.69 Å². The van der Waals surface area contributed by atoms with Crippen molar-refractivity contribution >= 4 is 29.5 Å². The standard InChI is InChI=1S/C22H21N7O4/c23-21(24)28-22(25)27-15-6-7-17(29-8-2-1-3-9-29)14(11-15)5-4-13-10-16(19(30)31)18(20(32)33)26-12-13/h1-3,6-9,11-12,16,18,26H,10H2,(H7-,23,24,25,27,28,30,31,32,33)/t16-,18+/m1/s1. The summed E-state index contributed by atoms with van der Waals surface area (Å²) in [4.78, 5) is 29.2. The lowest BCUT2D eigenvalue weighted by molar-refractivity contribution is -0.595. The molecule has 8 N–H and O–H groups in total. The van der Waals surface area contributed by atoms with Crippen LogP contribution in [0.2, 0.25) is 0 Å². The number of allylic oxidation sites excluding steroid dienone is 1. The SMILES string of the molecule is NC(=Nc1ccc(-[n+]2ccccc2)c(C#CC2=CN[C@H](C(=O)[O-])[C@H](C(=O)[O-])C2)c1)[NH+]=C(N)N. The molecule has 33 heavy (non-hydrogen) atoms. The Morgan fingerprint density at radius 2 is 1.82 bits per heavy atom. The van der Waals surface area contributed by atoms with Gasteiger partial charge in [0.25, 0.3) is 5.96 Å². The Morgan fingerprint density at radius 1 is 1.09 bits per heavy atom. The lowest BCUT2D eigenvalue weighted by atomic mass is 9.89. The third-order valence-electron chi connectivity index (χ3n) is 4.69. The Balaban J connectivity index is 2.02. The zero-order valence-electron chi connectivity index (χ0n) is 17.3. The van der Waals surface area contributed by atoms with Gasteiger partial charge in [0, 0.05) is 41.9 Å². The molecule has 11 nitrogen and oxygen atoms in total. The smallest absolute Gasteiger partial charge is 0.316 e. The molecule has 1 aliphatic heterocycles. The van der Waals surface area contributed by atoms with Crippen molar-refractivity contribution in [3.8, 4) is 17.5 Å². The number of aromatic nitrogens is 1. The monoisotopic (exact) mass is 447 g/mol. The van der Waals surface area contributed by atoms with E-state index in [0.717, 1.165) is 5.69 Å². The minimum Gasteiger partial charge on any atom is -0.550 e. The van der Waals surface area contributed by atoms with Crippen LogP contribution >= 0.6 is 0 Å². The van der Waals surface area contributed by atoms with Gasteiger partial charge in [-0.05, 0) is 18.6 Å². The van der Waals surface area contributed by atoms with Crippen LogP contribution in [-0.2, 0) is 9.59 Å². The summed E-state index contributed by atoms with van der Waals surface area (Å²) in [5, 5.41) is 25.1. The van der Waals surface area contributed by atoms with Crippen LogP contribution in [0.5, 0.6) is 0 Å². The Kier molecular flexibility index (Phi) is 6.90. The number of guanidine groups is 2. The van der Waals surface area contributed by atoms with Crippen molar-refractivity contribution in [3.63, 3.8) is 0 Å². The summed E-state index contributed by atoms with van der Waals surface area (Å²) in [6, 6.07) is 9.37. The van der Waals surface area contributed by atoms with E-state index in [-0.39, 0.29) is 18.3 Å². The van der Waals surface area contributed by atoms with Crippen molar-refractivity contribution < 1.29 is 29.4 Å². The van der Waals surface area contributed by atoms with Crippen molar-refractivity contribution in [3.05, 3.63) is 66.1 Å². The molecule has 0 saturated carbocycles. The number of carbonyl (C=O) groups excluding carboxylic acids is 2. The highest BCUT2D eigenvalue weighted by Crippen LogP contribution is 2.21. The van der Waals surface area contributed by atoms with E-state index in [1.165, 1.54) is 6.20 Å². The molecule has 11 heteroatoms. The second kappa shape index (κ2) is 9.97. The van der Waals surface area contributed by atoms with Crippen LogP contribution in [0.15, 0.2) is 65.6 Å². The van der Waals surface area contributed by atoms with E-state index in [9.17, 15) is 19.8 Å². The maximum Gasteiger partial charge on any atom is 0.316 e. The molecule has 0 aliphatic carbocycles. The van der Waals surface area contributed by atoms with E-state index in [1.54, 1.807) is 18.2 Å². The summed E-state index contributed by atoms with van der Waals surface area (Å²) in [5.41, 5.74) is 18.6. The van der Waals surface area contributed by atoms with Crippen molar-refractivity contribution in [2.24, 2.45) is 28.1 Å². The van der Waals surface area contributed by atoms with Crippen molar-refractivity contribution in [2.45, 2.75) is 12.5 Å². The highest BCUT2D eigenvalue weighted by atomic mass is 16.4. The van der Waals surface area contributed by atoms with Crippen LogP contribution in [-0.4, -0.2) is 29.9 Å². The molecule has 168 valence electrons. The first-order valence-electron chi connectivity index (χ1n) is 9.73. The molecule has 0 bridgehead atoms. The van der Waals surface area contributed by atoms with Crippen LogP contribution in [0.4, 0.5) is 5.69 Å². The summed E-state index contributed by atoms with van der Waals surface area (Å²) < 4.78 is 1.84. The Labute approximate surface area is 189 Å². The zero-order chi connectivity index (χ0) is 24.0. The fourth-order valence-corrected chi connectivity index (χ4v) is 3.20. The molecular formula is C22H21N7O4. The molecule has 0 fully saturated rings. The molecule has 3 rings (SSSR count). The number of pyridine rings is 1. The molecule has 0 spiro atoms. The Hall–Kier alpha value is -4.85. The van der Waals surface area contributed by atoms with Crippen LogP contribution < -0.4 is 42.3 Å². The maximum absolute atomic E-state index is 11.4. The van der Waals surface area contributed by atoms with E-state index >= 15 is 0 Å². The van der Waals surface area contributed by atoms with Crippen molar-refractivity contribution in [1.29, 1.82) is 0 Å². The minimum atomic E-state index is -1.53. The van der Waals surface area contributed by atoms with Gasteiger partial charge in [-0.25, -0.2) is 4.99 Å². The molecule has 0 amide bonds. The summed E-state index contributed by atoms with van der Waals surface area (Å²) in [6.07, 6.45) is 4.92. The fraction of sp³-hybridized carbons (Fsp3) is 0.136. The van der Waals surface area contributed by atoms with Gasteiger partial charge in [-0.3, -0.25) is 0 Å². The van der Waals surface area contributed by atoms with Crippen molar-refractivity contribution in [2.75, 3.05) is 0 Å². The maximum atomic E-state index is 11.4. The normalized spacial score (nSPS) is 17.6. The molecule has 2 heterocycles. The van der Waals surface area contributed by atoms with E-state index in [0.29, 0.717) is 16.8 Å².